The van der Waals surface area contributed by atoms with E-state index in [1.807, 2.05) is 6.92 Å². The van der Waals surface area contributed by atoms with Crippen LogP contribution in [0.1, 0.15) is 20.8 Å². The van der Waals surface area contributed by atoms with Crippen LogP contribution in [0.15, 0.2) is 0 Å². The van der Waals surface area contributed by atoms with Crippen molar-refractivity contribution >= 4 is 0 Å². The average Bonchev–Trinajstić information content (AvgIpc) is 2.83. The van der Waals surface area contributed by atoms with Crippen LogP contribution in [0.25, 0.3) is 0 Å². The van der Waals surface area contributed by atoms with Gasteiger partial charge in [-0.15, -0.1) is 0 Å². The largest absolute Gasteiger partial charge is 0.382 e. The summed E-state index contributed by atoms with van der Waals surface area (Å²) >= 11 is 0. The molecule has 3 heteroatoms. The van der Waals surface area contributed by atoms with Crippen LogP contribution in [0.5, 0.6) is 0 Å². The molecule has 0 N–H and O–H groups in total. The molecule has 0 radical (unpaired) electrons. The van der Waals surface area contributed by atoms with Gasteiger partial charge < -0.3 is 14.2 Å². The summed E-state index contributed by atoms with van der Waals surface area (Å²) in [4.78, 5) is 0. The molecule has 12 heavy (non-hydrogen) atoms. The van der Waals surface area contributed by atoms with Crippen LogP contribution < -0.4 is 0 Å². The van der Waals surface area contributed by atoms with E-state index in [1.54, 1.807) is 7.11 Å². The quantitative estimate of drug-likeness (QED) is 0.590. The van der Waals surface area contributed by atoms with Gasteiger partial charge in [0.1, 0.15) is 6.10 Å². The molecule has 2 fully saturated rings. The number of epoxide rings is 2. The SMILES string of the molecule is CC1OC1C.COCC1OC1C. The lowest BCUT2D eigenvalue weighted by Gasteiger charge is -1.86. The molecule has 0 spiro atoms. The lowest BCUT2D eigenvalue weighted by Crippen LogP contribution is -1.98. The van der Waals surface area contributed by atoms with E-state index in [0.29, 0.717) is 24.4 Å². The van der Waals surface area contributed by atoms with Crippen molar-refractivity contribution in [1.29, 1.82) is 0 Å². The molecule has 2 saturated heterocycles. The van der Waals surface area contributed by atoms with Gasteiger partial charge >= 0.3 is 0 Å². The Morgan fingerprint density at radius 1 is 1.00 bits per heavy atom. The maximum absolute atomic E-state index is 5.03. The summed E-state index contributed by atoms with van der Waals surface area (Å²) in [5, 5.41) is 0. The Bertz CT molecular complexity index is 132. The van der Waals surface area contributed by atoms with Gasteiger partial charge in [0, 0.05) is 7.11 Å². The first-order chi connectivity index (χ1) is 5.65. The van der Waals surface area contributed by atoms with Gasteiger partial charge in [0.05, 0.1) is 24.9 Å². The van der Waals surface area contributed by atoms with E-state index in [2.05, 4.69) is 13.8 Å². The number of hydrogen-bond donors (Lipinski definition) is 0. The van der Waals surface area contributed by atoms with Crippen LogP contribution in [0, 0.1) is 0 Å². The molecule has 0 aromatic carbocycles. The molecule has 0 amide bonds. The molecule has 3 nitrogen and oxygen atoms in total. The summed E-state index contributed by atoms with van der Waals surface area (Å²) in [6, 6.07) is 0. The summed E-state index contributed by atoms with van der Waals surface area (Å²) < 4.78 is 14.8. The molecular formula is C9H18O3. The molecule has 2 aliphatic heterocycles. The number of rotatable bonds is 2. The van der Waals surface area contributed by atoms with Crippen LogP contribution in [0.2, 0.25) is 0 Å². The van der Waals surface area contributed by atoms with Crippen LogP contribution >= 0.6 is 0 Å². The van der Waals surface area contributed by atoms with E-state index in [4.69, 9.17) is 14.2 Å². The Morgan fingerprint density at radius 2 is 1.42 bits per heavy atom. The fraction of sp³-hybridized carbons (Fsp3) is 1.00. The van der Waals surface area contributed by atoms with Crippen LogP contribution in [-0.4, -0.2) is 38.1 Å². The highest BCUT2D eigenvalue weighted by molar-refractivity contribution is 4.79. The second-order valence-electron chi connectivity index (χ2n) is 3.38. The Hall–Kier alpha value is -0.120. The first kappa shape index (κ1) is 9.96. The highest BCUT2D eigenvalue weighted by Crippen LogP contribution is 2.20. The van der Waals surface area contributed by atoms with Gasteiger partial charge in [-0.05, 0) is 20.8 Å². The Balaban J connectivity index is 0.000000127. The number of ether oxygens (including phenoxy) is 3. The van der Waals surface area contributed by atoms with Crippen LogP contribution in [0.3, 0.4) is 0 Å². The lowest BCUT2D eigenvalue weighted by molar-refractivity contribution is 0.171. The molecule has 0 aromatic rings. The first-order valence-corrected chi connectivity index (χ1v) is 4.45. The molecule has 0 saturated carbocycles. The minimum absolute atomic E-state index is 0.394. The summed E-state index contributed by atoms with van der Waals surface area (Å²) in [5.41, 5.74) is 0. The van der Waals surface area contributed by atoms with E-state index < -0.39 is 0 Å². The molecular weight excluding hydrogens is 156 g/mol. The smallest absolute Gasteiger partial charge is 0.107 e. The van der Waals surface area contributed by atoms with Gasteiger partial charge in [-0.25, -0.2) is 0 Å². The average molecular weight is 174 g/mol. The van der Waals surface area contributed by atoms with Crippen molar-refractivity contribution in [2.24, 2.45) is 0 Å². The highest BCUT2D eigenvalue weighted by Gasteiger charge is 2.33. The zero-order chi connectivity index (χ0) is 9.14. The highest BCUT2D eigenvalue weighted by atomic mass is 16.6. The zero-order valence-electron chi connectivity index (χ0n) is 8.24. The molecule has 0 bridgehead atoms. The number of methoxy groups -OCH3 is 1. The molecule has 4 unspecified atom stereocenters. The maximum Gasteiger partial charge on any atom is 0.107 e. The third-order valence-electron chi connectivity index (χ3n) is 2.18. The van der Waals surface area contributed by atoms with Gasteiger partial charge in [-0.3, -0.25) is 0 Å². The zero-order valence-corrected chi connectivity index (χ0v) is 8.24. The van der Waals surface area contributed by atoms with Crippen molar-refractivity contribution in [2.45, 2.75) is 45.2 Å². The fourth-order valence-electron chi connectivity index (χ4n) is 0.863. The molecule has 2 heterocycles. The van der Waals surface area contributed by atoms with E-state index in [0.717, 1.165) is 6.61 Å². The lowest BCUT2D eigenvalue weighted by atomic mass is 10.4. The molecule has 72 valence electrons. The standard InChI is InChI=1S/C5H10O2.C4H8O/c1-4-5(7-4)3-6-2;1-3-4(2)5-3/h4-5H,3H2,1-2H3;3-4H,1-2H3. The summed E-state index contributed by atoms with van der Waals surface area (Å²) in [7, 11) is 1.69. The van der Waals surface area contributed by atoms with E-state index in [-0.39, 0.29) is 0 Å². The third kappa shape index (κ3) is 3.52. The minimum atomic E-state index is 0.394. The Kier molecular flexibility index (Phi) is 3.50. The molecule has 2 rings (SSSR count). The molecule has 0 aliphatic carbocycles. The van der Waals surface area contributed by atoms with Crippen LogP contribution in [0.4, 0.5) is 0 Å². The van der Waals surface area contributed by atoms with E-state index in [1.165, 1.54) is 0 Å². The van der Waals surface area contributed by atoms with Crippen LogP contribution in [-0.2, 0) is 14.2 Å². The third-order valence-corrected chi connectivity index (χ3v) is 2.18. The normalized spacial score (nSPS) is 43.0. The van der Waals surface area contributed by atoms with E-state index >= 15 is 0 Å². The van der Waals surface area contributed by atoms with Gasteiger partial charge in [-0.2, -0.15) is 0 Å². The van der Waals surface area contributed by atoms with Gasteiger partial charge in [0.15, 0.2) is 0 Å². The second-order valence-corrected chi connectivity index (χ2v) is 3.38. The van der Waals surface area contributed by atoms with Gasteiger partial charge in [-0.1, -0.05) is 0 Å². The Labute approximate surface area is 74.0 Å². The van der Waals surface area contributed by atoms with Gasteiger partial charge in [0.2, 0.25) is 0 Å². The monoisotopic (exact) mass is 174 g/mol. The number of hydrogen-bond acceptors (Lipinski definition) is 3. The predicted octanol–water partition coefficient (Wildman–Crippen LogP) is 1.21. The summed E-state index contributed by atoms with van der Waals surface area (Å²) in [6.07, 6.45) is 1.94. The van der Waals surface area contributed by atoms with Crippen molar-refractivity contribution < 1.29 is 14.2 Å². The molecule has 4 atom stereocenters. The van der Waals surface area contributed by atoms with Crippen molar-refractivity contribution in [1.82, 2.24) is 0 Å². The van der Waals surface area contributed by atoms with Crippen molar-refractivity contribution in [3.05, 3.63) is 0 Å². The first-order valence-electron chi connectivity index (χ1n) is 4.45. The topological polar surface area (TPSA) is 34.3 Å². The molecule has 2 aliphatic rings. The minimum Gasteiger partial charge on any atom is -0.382 e. The van der Waals surface area contributed by atoms with Gasteiger partial charge in [0.25, 0.3) is 0 Å². The predicted molar refractivity (Wildman–Crippen MR) is 46.2 cm³/mol. The molecule has 0 aromatic heterocycles. The summed E-state index contributed by atoms with van der Waals surface area (Å²) in [5.74, 6) is 0. The van der Waals surface area contributed by atoms with Crippen molar-refractivity contribution in [3.8, 4) is 0 Å². The van der Waals surface area contributed by atoms with Crippen molar-refractivity contribution in [3.63, 3.8) is 0 Å². The Morgan fingerprint density at radius 3 is 1.50 bits per heavy atom. The summed E-state index contributed by atoms with van der Waals surface area (Å²) in [6.45, 7) is 6.94. The maximum atomic E-state index is 5.03. The second kappa shape index (κ2) is 4.21. The van der Waals surface area contributed by atoms with Crippen molar-refractivity contribution in [2.75, 3.05) is 13.7 Å². The van der Waals surface area contributed by atoms with E-state index in [9.17, 15) is 0 Å². The fourth-order valence-corrected chi connectivity index (χ4v) is 0.863.